The molecule has 2 bridgehead atoms. The maximum absolute atomic E-state index is 13.9. The fourth-order valence-electron chi connectivity index (χ4n) is 7.05. The highest BCUT2D eigenvalue weighted by Gasteiger charge is 2.51. The lowest BCUT2D eigenvalue weighted by atomic mass is 9.74. The van der Waals surface area contributed by atoms with Gasteiger partial charge in [0.1, 0.15) is 6.54 Å². The molecule has 1 amide bonds. The summed E-state index contributed by atoms with van der Waals surface area (Å²) in [6.45, 7) is 4.00. The fourth-order valence-corrected chi connectivity index (χ4v) is 7.05. The van der Waals surface area contributed by atoms with E-state index in [0.29, 0.717) is 19.0 Å². The number of hydrogen-bond donors (Lipinski definition) is 1. The molecule has 2 aromatic rings. The largest absolute Gasteiger partial charge is 1.00 e. The molecule has 1 aliphatic carbocycles. The Balaban J connectivity index is 0.00000336. The standard InChI is InChI=1S/C32H42N2O3.BrH/c35-30(33-21-11-14-26-12-5-3-6-13-26)25-34-22-17-27(18-23-34)29(24-34)37-31(36)32(19-9-1-2-10-20-32)28-15-7-4-8-16-28;/h3-8,12-13,15-16,27,29H,1-2,9-11,14,17-25H2;1H/t27?,29-,34?;/m0./s1. The Bertz CT molecular complexity index is 1030. The van der Waals surface area contributed by atoms with E-state index >= 15 is 0 Å². The van der Waals surface area contributed by atoms with Crippen molar-refractivity contribution in [2.45, 2.75) is 75.7 Å². The minimum Gasteiger partial charge on any atom is -1.00 e. The van der Waals surface area contributed by atoms with Crippen molar-refractivity contribution in [3.8, 4) is 0 Å². The molecule has 0 unspecified atom stereocenters. The van der Waals surface area contributed by atoms with E-state index in [2.05, 4.69) is 41.7 Å². The Morgan fingerprint density at radius 1 is 0.895 bits per heavy atom. The Kier molecular flexibility index (Phi) is 10.1. The van der Waals surface area contributed by atoms with Crippen LogP contribution in [0.2, 0.25) is 0 Å². The molecule has 3 aliphatic heterocycles. The predicted molar refractivity (Wildman–Crippen MR) is 146 cm³/mol. The molecule has 0 radical (unpaired) electrons. The zero-order chi connectivity index (χ0) is 25.6. The van der Waals surface area contributed by atoms with E-state index in [4.69, 9.17) is 4.74 Å². The van der Waals surface area contributed by atoms with Crippen LogP contribution in [0, 0.1) is 5.92 Å². The summed E-state index contributed by atoms with van der Waals surface area (Å²) in [5, 5.41) is 3.16. The van der Waals surface area contributed by atoms with E-state index in [-0.39, 0.29) is 35.0 Å². The molecule has 6 rings (SSSR count). The third-order valence-corrected chi connectivity index (χ3v) is 9.26. The van der Waals surface area contributed by atoms with Gasteiger partial charge in [0.15, 0.2) is 12.6 Å². The first-order chi connectivity index (χ1) is 18.1. The highest BCUT2D eigenvalue weighted by Crippen LogP contribution is 2.42. The van der Waals surface area contributed by atoms with Gasteiger partial charge in [-0.05, 0) is 36.8 Å². The van der Waals surface area contributed by atoms with E-state index in [1.165, 1.54) is 18.4 Å². The molecule has 1 atom stereocenters. The summed E-state index contributed by atoms with van der Waals surface area (Å²) in [5.74, 6) is 0.530. The average Bonchev–Trinajstić information content (AvgIpc) is 3.20. The molecule has 5 nitrogen and oxygen atoms in total. The molecule has 4 fully saturated rings. The normalized spacial score (nSPS) is 26.0. The van der Waals surface area contributed by atoms with Crippen LogP contribution < -0.4 is 22.3 Å². The monoisotopic (exact) mass is 582 g/mol. The molecule has 6 heteroatoms. The van der Waals surface area contributed by atoms with Crippen LogP contribution in [0.4, 0.5) is 0 Å². The third-order valence-electron chi connectivity index (χ3n) is 9.26. The molecule has 1 saturated carbocycles. The number of esters is 1. The van der Waals surface area contributed by atoms with E-state index in [1.807, 2.05) is 24.3 Å². The summed E-state index contributed by atoms with van der Waals surface area (Å²) in [7, 11) is 0. The third kappa shape index (κ3) is 6.69. The first kappa shape index (κ1) is 28.8. The van der Waals surface area contributed by atoms with Crippen molar-refractivity contribution in [3.63, 3.8) is 0 Å². The first-order valence-electron chi connectivity index (χ1n) is 14.5. The number of aryl methyl sites for hydroxylation is 1. The number of nitrogens with zero attached hydrogens (tertiary/aromatic N) is 1. The maximum atomic E-state index is 13.9. The first-order valence-corrected chi connectivity index (χ1v) is 14.5. The number of halogens is 1. The van der Waals surface area contributed by atoms with Crippen LogP contribution in [0.1, 0.15) is 68.9 Å². The van der Waals surface area contributed by atoms with E-state index in [0.717, 1.165) is 81.0 Å². The SMILES string of the molecule is O=C(C[N+]12CCC(CC1)[C@@H](OC(=O)C1(c3ccccc3)CCCCCC1)C2)NCCCc1ccccc1.[Br-]. The molecule has 3 saturated heterocycles. The zero-order valence-corrected chi connectivity index (χ0v) is 24.2. The van der Waals surface area contributed by atoms with Crippen LogP contribution in [-0.4, -0.2) is 55.2 Å². The second kappa shape index (κ2) is 13.3. The predicted octanol–water partition coefficient (Wildman–Crippen LogP) is 2.18. The molecule has 38 heavy (non-hydrogen) atoms. The van der Waals surface area contributed by atoms with Crippen molar-refractivity contribution in [2.75, 3.05) is 32.7 Å². The number of nitrogens with one attached hydrogen (secondary N) is 1. The van der Waals surface area contributed by atoms with Gasteiger partial charge >= 0.3 is 5.97 Å². The summed E-state index contributed by atoms with van der Waals surface area (Å²) < 4.78 is 7.21. The number of hydrogen-bond acceptors (Lipinski definition) is 3. The van der Waals surface area contributed by atoms with Gasteiger partial charge in [0.2, 0.25) is 0 Å². The summed E-state index contributed by atoms with van der Waals surface area (Å²) in [6, 6.07) is 20.8. The molecular formula is C32H43BrN2O3. The van der Waals surface area contributed by atoms with E-state index < -0.39 is 5.41 Å². The van der Waals surface area contributed by atoms with E-state index in [1.54, 1.807) is 0 Å². The molecule has 0 aromatic heterocycles. The number of quaternary nitrogens is 1. The highest BCUT2D eigenvalue weighted by atomic mass is 79.9. The van der Waals surface area contributed by atoms with Crippen molar-refractivity contribution >= 4 is 11.9 Å². The minimum atomic E-state index is -0.523. The summed E-state index contributed by atoms with van der Waals surface area (Å²) in [4.78, 5) is 26.8. The van der Waals surface area contributed by atoms with Crippen LogP contribution in [0.15, 0.2) is 60.7 Å². The average molecular weight is 584 g/mol. The van der Waals surface area contributed by atoms with Crippen molar-refractivity contribution in [3.05, 3.63) is 71.8 Å². The Morgan fingerprint density at radius 3 is 2.18 bits per heavy atom. The van der Waals surface area contributed by atoms with Gasteiger partial charge in [-0.3, -0.25) is 9.59 Å². The van der Waals surface area contributed by atoms with Gasteiger partial charge in [0.05, 0.1) is 18.5 Å². The van der Waals surface area contributed by atoms with Gasteiger partial charge in [0.25, 0.3) is 5.91 Å². The van der Waals surface area contributed by atoms with Gasteiger partial charge in [0, 0.05) is 25.3 Å². The molecule has 206 valence electrons. The lowest BCUT2D eigenvalue weighted by Crippen LogP contribution is -3.00. The number of ether oxygens (including phenoxy) is 1. The van der Waals surface area contributed by atoms with Crippen LogP contribution >= 0.6 is 0 Å². The van der Waals surface area contributed by atoms with Crippen LogP contribution in [0.3, 0.4) is 0 Å². The number of amides is 1. The Hall–Kier alpha value is -2.18. The molecular weight excluding hydrogens is 540 g/mol. The second-order valence-electron chi connectivity index (χ2n) is 11.7. The lowest BCUT2D eigenvalue weighted by Gasteiger charge is -2.52. The lowest BCUT2D eigenvalue weighted by molar-refractivity contribution is -0.939. The molecule has 0 spiro atoms. The quantitative estimate of drug-likeness (QED) is 0.213. The Morgan fingerprint density at radius 2 is 1.53 bits per heavy atom. The van der Waals surface area contributed by atoms with Crippen LogP contribution in [0.25, 0.3) is 0 Å². The van der Waals surface area contributed by atoms with Crippen molar-refractivity contribution in [1.29, 1.82) is 0 Å². The molecule has 4 aliphatic rings. The van der Waals surface area contributed by atoms with Crippen LogP contribution in [0.5, 0.6) is 0 Å². The topological polar surface area (TPSA) is 55.4 Å². The van der Waals surface area contributed by atoms with Crippen molar-refractivity contribution in [1.82, 2.24) is 5.32 Å². The molecule has 1 N–H and O–H groups in total. The number of carbonyl (C=O) groups excluding carboxylic acids is 2. The number of rotatable bonds is 9. The number of carbonyl (C=O) groups is 2. The smallest absolute Gasteiger partial charge is 0.317 e. The van der Waals surface area contributed by atoms with Crippen molar-refractivity contribution < 1.29 is 35.8 Å². The van der Waals surface area contributed by atoms with Gasteiger partial charge in [-0.25, -0.2) is 0 Å². The summed E-state index contributed by atoms with van der Waals surface area (Å²) in [5.41, 5.74) is 1.90. The van der Waals surface area contributed by atoms with Gasteiger partial charge in [-0.2, -0.15) is 0 Å². The molecule has 2 aromatic carbocycles. The fraction of sp³-hybridized carbons (Fsp3) is 0.562. The summed E-state index contributed by atoms with van der Waals surface area (Å²) in [6.07, 6.45) is 10.2. The number of piperidine rings is 3. The summed E-state index contributed by atoms with van der Waals surface area (Å²) >= 11 is 0. The van der Waals surface area contributed by atoms with E-state index in [9.17, 15) is 9.59 Å². The second-order valence-corrected chi connectivity index (χ2v) is 11.7. The van der Waals surface area contributed by atoms with Gasteiger partial charge in [-0.1, -0.05) is 86.3 Å². The van der Waals surface area contributed by atoms with Crippen LogP contribution in [-0.2, 0) is 26.2 Å². The van der Waals surface area contributed by atoms with Gasteiger partial charge < -0.3 is 31.5 Å². The number of fused-ring (bicyclic) bond motifs is 3. The number of benzene rings is 2. The minimum absolute atomic E-state index is 0. The van der Waals surface area contributed by atoms with Crippen molar-refractivity contribution in [2.24, 2.45) is 5.92 Å². The zero-order valence-electron chi connectivity index (χ0n) is 22.6. The Labute approximate surface area is 238 Å². The highest BCUT2D eigenvalue weighted by molar-refractivity contribution is 5.83. The van der Waals surface area contributed by atoms with Gasteiger partial charge in [-0.15, -0.1) is 0 Å². The molecule has 3 heterocycles. The maximum Gasteiger partial charge on any atom is 0.317 e.